The molecule has 0 saturated carbocycles. The molecule has 5 nitrogen and oxygen atoms in total. The van der Waals surface area contributed by atoms with E-state index in [4.69, 9.17) is 39.5 Å². The van der Waals surface area contributed by atoms with E-state index < -0.39 is 6.10 Å². The minimum absolute atomic E-state index is 0.249. The number of ether oxygens (including phenoxy) is 1. The van der Waals surface area contributed by atoms with Crippen molar-refractivity contribution in [3.05, 3.63) is 74.6 Å². The predicted octanol–water partition coefficient (Wildman–Crippen LogP) is 5.49. The molecule has 0 spiro atoms. The molecule has 0 bridgehead atoms. The molecule has 3 heterocycles. The van der Waals surface area contributed by atoms with Gasteiger partial charge in [-0.15, -0.1) is 0 Å². The van der Waals surface area contributed by atoms with Crippen molar-refractivity contribution >= 4 is 52.7 Å². The zero-order valence-electron chi connectivity index (χ0n) is 14.0. The number of nitrogens with zero attached hydrogens (tertiary/aromatic N) is 3. The molecule has 8 heteroatoms. The van der Waals surface area contributed by atoms with Gasteiger partial charge in [0, 0.05) is 23.0 Å². The van der Waals surface area contributed by atoms with Crippen molar-refractivity contribution in [1.82, 2.24) is 9.55 Å². The maximum absolute atomic E-state index is 11.6. The quantitative estimate of drug-likeness (QED) is 0.526. The Labute approximate surface area is 170 Å². The number of halogens is 3. The Morgan fingerprint density at radius 3 is 2.74 bits per heavy atom. The van der Waals surface area contributed by atoms with Crippen LogP contribution in [0.2, 0.25) is 15.1 Å². The van der Waals surface area contributed by atoms with Gasteiger partial charge in [-0.1, -0.05) is 34.8 Å². The Balaban J connectivity index is 1.91. The molecule has 3 aromatic rings. The molecule has 1 unspecified atom stereocenters. The van der Waals surface area contributed by atoms with Crippen LogP contribution in [0.4, 0.5) is 5.69 Å². The smallest absolute Gasteiger partial charge is 0.240 e. The molecule has 0 radical (unpaired) electrons. The lowest BCUT2D eigenvalue weighted by atomic mass is 10.0. The maximum Gasteiger partial charge on any atom is 0.240 e. The number of aryl methyl sites for hydroxylation is 1. The van der Waals surface area contributed by atoms with E-state index in [1.54, 1.807) is 47.3 Å². The second-order valence-corrected chi connectivity index (χ2v) is 7.25. The Bertz CT molecular complexity index is 1090. The lowest BCUT2D eigenvalue weighted by Crippen LogP contribution is -2.21. The molecule has 0 aliphatic carbocycles. The van der Waals surface area contributed by atoms with Gasteiger partial charge in [-0.05, 0) is 42.8 Å². The third kappa shape index (κ3) is 3.23. The third-order valence-electron chi connectivity index (χ3n) is 4.15. The minimum Gasteiger partial charge on any atom is -0.460 e. The van der Waals surface area contributed by atoms with Crippen LogP contribution < -0.4 is 0 Å². The first-order valence-electron chi connectivity index (χ1n) is 7.97. The molecule has 0 N–H and O–H groups in total. The van der Waals surface area contributed by atoms with E-state index in [-0.39, 0.29) is 5.90 Å². The van der Waals surface area contributed by atoms with Crippen LogP contribution >= 0.6 is 34.8 Å². The average molecular weight is 421 g/mol. The number of aldehydes is 1. The van der Waals surface area contributed by atoms with Gasteiger partial charge in [-0.25, -0.2) is 9.98 Å². The fourth-order valence-corrected chi connectivity index (χ4v) is 3.68. The summed E-state index contributed by atoms with van der Waals surface area (Å²) in [4.78, 5) is 20.6. The number of fused-ring (bicyclic) bond motifs is 1. The molecular weight excluding hydrogens is 409 g/mol. The van der Waals surface area contributed by atoms with Gasteiger partial charge in [0.2, 0.25) is 5.90 Å². The van der Waals surface area contributed by atoms with Crippen molar-refractivity contribution in [1.29, 1.82) is 0 Å². The molecule has 4 rings (SSSR count). The van der Waals surface area contributed by atoms with Crippen LogP contribution in [0.1, 0.15) is 22.9 Å². The highest BCUT2D eigenvalue weighted by atomic mass is 35.5. The van der Waals surface area contributed by atoms with Crippen LogP contribution in [-0.4, -0.2) is 21.7 Å². The van der Waals surface area contributed by atoms with Crippen LogP contribution in [-0.2, 0) is 9.53 Å². The van der Waals surface area contributed by atoms with Crippen LogP contribution in [0.25, 0.3) is 5.82 Å². The second kappa shape index (κ2) is 7.00. The summed E-state index contributed by atoms with van der Waals surface area (Å²) in [5.41, 5.74) is 2.64. The lowest BCUT2D eigenvalue weighted by molar-refractivity contribution is -0.114. The van der Waals surface area contributed by atoms with Crippen molar-refractivity contribution in [2.75, 3.05) is 0 Å². The van der Waals surface area contributed by atoms with Gasteiger partial charge in [0.1, 0.15) is 5.69 Å². The zero-order chi connectivity index (χ0) is 19.1. The summed E-state index contributed by atoms with van der Waals surface area (Å²) < 4.78 is 7.53. The number of benzene rings is 1. The minimum atomic E-state index is -0.828. The van der Waals surface area contributed by atoms with E-state index in [2.05, 4.69) is 9.98 Å². The van der Waals surface area contributed by atoms with Gasteiger partial charge in [0.25, 0.3) is 0 Å². The number of aromatic nitrogens is 2. The largest absolute Gasteiger partial charge is 0.460 e. The van der Waals surface area contributed by atoms with E-state index in [9.17, 15) is 4.79 Å². The SMILES string of the molecule is Cc1cc(Cl)cc2c1N=C(c1cc(Cl)cn1-c1ncccc1Cl)OC2C=O. The number of carbonyl (C=O) groups excluding carboxylic acids is 1. The van der Waals surface area contributed by atoms with Gasteiger partial charge in [-0.2, -0.15) is 0 Å². The Kier molecular flexibility index (Phi) is 4.68. The van der Waals surface area contributed by atoms with E-state index in [0.717, 1.165) is 5.56 Å². The molecule has 0 saturated heterocycles. The lowest BCUT2D eigenvalue weighted by Gasteiger charge is -2.24. The second-order valence-electron chi connectivity index (χ2n) is 5.97. The maximum atomic E-state index is 11.6. The van der Waals surface area contributed by atoms with Gasteiger partial charge >= 0.3 is 0 Å². The van der Waals surface area contributed by atoms with Gasteiger partial charge < -0.3 is 4.74 Å². The van der Waals surface area contributed by atoms with Crippen LogP contribution in [0.15, 0.2) is 47.7 Å². The first kappa shape index (κ1) is 18.0. The Morgan fingerprint density at radius 2 is 2.00 bits per heavy atom. The third-order valence-corrected chi connectivity index (χ3v) is 4.87. The van der Waals surface area contributed by atoms with Gasteiger partial charge in [0.15, 0.2) is 18.2 Å². The summed E-state index contributed by atoms with van der Waals surface area (Å²) in [6.07, 6.45) is 3.17. The summed E-state index contributed by atoms with van der Waals surface area (Å²) in [6, 6.07) is 8.61. The number of rotatable bonds is 3. The first-order chi connectivity index (χ1) is 13.0. The number of hydrogen-bond donors (Lipinski definition) is 0. The van der Waals surface area contributed by atoms with Crippen LogP contribution in [0, 0.1) is 6.92 Å². The number of pyridine rings is 1. The van der Waals surface area contributed by atoms with Crippen molar-refractivity contribution in [2.45, 2.75) is 13.0 Å². The fraction of sp³-hybridized carbons (Fsp3) is 0.105. The highest BCUT2D eigenvalue weighted by molar-refractivity contribution is 6.33. The highest BCUT2D eigenvalue weighted by Gasteiger charge is 2.28. The highest BCUT2D eigenvalue weighted by Crippen LogP contribution is 2.38. The molecule has 136 valence electrons. The topological polar surface area (TPSA) is 56.5 Å². The summed E-state index contributed by atoms with van der Waals surface area (Å²) in [7, 11) is 0. The van der Waals surface area contributed by atoms with Crippen molar-refractivity contribution in [3.63, 3.8) is 0 Å². The van der Waals surface area contributed by atoms with Crippen LogP contribution in [0.3, 0.4) is 0 Å². The molecule has 0 fully saturated rings. The summed E-state index contributed by atoms with van der Waals surface area (Å²) in [5.74, 6) is 0.729. The standard InChI is InChI=1S/C19H12Cl3N3O2/c1-10-5-11(20)6-13-16(9-26)27-19(24-17(10)13)15-7-12(21)8-25(15)18-14(22)3-2-4-23-18/h2-9,16H,1H3. The summed E-state index contributed by atoms with van der Waals surface area (Å²) in [5, 5.41) is 1.42. The Hall–Kier alpha value is -2.34. The predicted molar refractivity (Wildman–Crippen MR) is 106 cm³/mol. The molecule has 1 atom stereocenters. The van der Waals surface area contributed by atoms with Gasteiger partial charge in [-0.3, -0.25) is 9.36 Å². The summed E-state index contributed by atoms with van der Waals surface area (Å²) >= 11 is 18.6. The monoisotopic (exact) mass is 419 g/mol. The van der Waals surface area contributed by atoms with Crippen molar-refractivity contribution < 1.29 is 9.53 Å². The summed E-state index contributed by atoms with van der Waals surface area (Å²) in [6.45, 7) is 1.88. The van der Waals surface area contributed by atoms with Gasteiger partial charge in [0.05, 0.1) is 15.7 Å². The average Bonchev–Trinajstić information content (AvgIpc) is 3.03. The normalized spacial score (nSPS) is 15.7. The molecule has 1 aliphatic rings. The van der Waals surface area contributed by atoms with E-state index in [0.29, 0.717) is 44.1 Å². The Morgan fingerprint density at radius 1 is 1.19 bits per heavy atom. The number of hydrogen-bond acceptors (Lipinski definition) is 4. The first-order valence-corrected chi connectivity index (χ1v) is 9.11. The zero-order valence-corrected chi connectivity index (χ0v) is 16.3. The van der Waals surface area contributed by atoms with E-state index in [1.807, 2.05) is 6.92 Å². The number of aliphatic imine (C=N–C) groups is 1. The van der Waals surface area contributed by atoms with Crippen LogP contribution in [0.5, 0.6) is 0 Å². The molecule has 0 amide bonds. The van der Waals surface area contributed by atoms with E-state index >= 15 is 0 Å². The van der Waals surface area contributed by atoms with Crippen molar-refractivity contribution in [3.8, 4) is 5.82 Å². The molecule has 1 aromatic carbocycles. The molecular formula is C19H12Cl3N3O2. The number of carbonyl (C=O) groups is 1. The van der Waals surface area contributed by atoms with Crippen molar-refractivity contribution in [2.24, 2.45) is 4.99 Å². The molecule has 2 aromatic heterocycles. The molecule has 1 aliphatic heterocycles. The fourth-order valence-electron chi connectivity index (χ4n) is 2.99. The van der Waals surface area contributed by atoms with E-state index in [1.165, 1.54) is 0 Å². The molecule has 27 heavy (non-hydrogen) atoms.